The number of nitrogens with zero attached hydrogens (tertiary/aromatic N) is 4. The summed E-state index contributed by atoms with van der Waals surface area (Å²) in [5, 5.41) is 16.0. The lowest BCUT2D eigenvalue weighted by Gasteiger charge is -2.24. The molecule has 0 saturated carbocycles. The lowest BCUT2D eigenvalue weighted by atomic mass is 10.1. The predicted octanol–water partition coefficient (Wildman–Crippen LogP) is 5.41. The summed E-state index contributed by atoms with van der Waals surface area (Å²) in [6.45, 7) is 10.7. The second kappa shape index (κ2) is 11.6. The summed E-state index contributed by atoms with van der Waals surface area (Å²) in [5.74, 6) is 1.11. The van der Waals surface area contributed by atoms with Crippen molar-refractivity contribution in [2.45, 2.75) is 71.8 Å². The Morgan fingerprint density at radius 1 is 0.973 bits per heavy atom. The number of ether oxygens (including phenoxy) is 3. The topological polar surface area (TPSA) is 117 Å². The lowest BCUT2D eigenvalue weighted by Crippen LogP contribution is -2.43. The van der Waals surface area contributed by atoms with Gasteiger partial charge in [0, 0.05) is 10.6 Å². The maximum atomic E-state index is 12.5. The van der Waals surface area contributed by atoms with Gasteiger partial charge in [-0.15, -0.1) is 10.2 Å². The molecule has 1 amide bonds. The van der Waals surface area contributed by atoms with Gasteiger partial charge in [-0.3, -0.25) is 4.79 Å². The van der Waals surface area contributed by atoms with Crippen LogP contribution in [0, 0.1) is 0 Å². The fraction of sp³-hybridized carbons (Fsp3) is 0.423. The summed E-state index contributed by atoms with van der Waals surface area (Å²) in [7, 11) is 0. The van der Waals surface area contributed by atoms with Crippen LogP contribution in [0.4, 0.5) is 4.79 Å². The van der Waals surface area contributed by atoms with Gasteiger partial charge in [-0.1, -0.05) is 23.7 Å². The van der Waals surface area contributed by atoms with Crippen LogP contribution in [0.1, 0.15) is 48.0 Å². The molecule has 0 aliphatic heterocycles. The number of hydrogen-bond donors (Lipinski definition) is 1. The third-order valence-corrected chi connectivity index (χ3v) is 4.78. The highest BCUT2D eigenvalue weighted by atomic mass is 35.5. The molecule has 3 rings (SSSR count). The number of carbonyl (C=O) groups is 2. The van der Waals surface area contributed by atoms with E-state index in [2.05, 4.69) is 20.7 Å². The molecule has 10 nitrogen and oxygen atoms in total. The third kappa shape index (κ3) is 9.72. The summed E-state index contributed by atoms with van der Waals surface area (Å²) in [5.41, 5.74) is -0.676. The third-order valence-electron chi connectivity index (χ3n) is 4.53. The van der Waals surface area contributed by atoms with E-state index in [1.54, 1.807) is 71.9 Å². The molecule has 2 aromatic carbocycles. The minimum Gasteiger partial charge on any atom is -0.460 e. The Morgan fingerprint density at radius 3 is 2.30 bits per heavy atom. The first-order chi connectivity index (χ1) is 17.3. The van der Waals surface area contributed by atoms with Crippen LogP contribution in [0.15, 0.2) is 48.5 Å². The highest BCUT2D eigenvalue weighted by Gasteiger charge is 2.25. The van der Waals surface area contributed by atoms with Crippen molar-refractivity contribution in [1.29, 1.82) is 0 Å². The standard InChI is InChI=1S/C26H32ClN5O5/c1-25(2,3)36-22(33)15-19(28-24(34)37-26(4,5)6)16-32-30-23(29-31-32)17-8-7-9-21(14-17)35-20-12-10-18(27)11-13-20/h7-14,19H,15-16H2,1-6H3,(H,28,34). The van der Waals surface area contributed by atoms with E-state index in [-0.39, 0.29) is 13.0 Å². The van der Waals surface area contributed by atoms with E-state index in [4.69, 9.17) is 25.8 Å². The second-order valence-electron chi connectivity index (χ2n) is 10.4. The number of halogens is 1. The first-order valence-electron chi connectivity index (χ1n) is 11.8. The van der Waals surface area contributed by atoms with Gasteiger partial charge in [0.1, 0.15) is 22.7 Å². The SMILES string of the molecule is CC(C)(C)OC(=O)CC(Cn1nnc(-c2cccc(Oc3ccc(Cl)cc3)c2)n1)NC(=O)OC(C)(C)C. The van der Waals surface area contributed by atoms with E-state index in [0.29, 0.717) is 27.9 Å². The number of hydrogen-bond acceptors (Lipinski definition) is 8. The number of carbonyl (C=O) groups excluding carboxylic acids is 2. The van der Waals surface area contributed by atoms with Crippen LogP contribution in [-0.2, 0) is 20.8 Å². The van der Waals surface area contributed by atoms with Gasteiger partial charge in [-0.05, 0) is 83.2 Å². The number of tetrazole rings is 1. The van der Waals surface area contributed by atoms with Gasteiger partial charge in [-0.25, -0.2) is 4.79 Å². The number of benzene rings is 2. The molecular formula is C26H32ClN5O5. The molecular weight excluding hydrogens is 498 g/mol. The quantitative estimate of drug-likeness (QED) is 0.385. The van der Waals surface area contributed by atoms with Crippen molar-refractivity contribution in [2.24, 2.45) is 0 Å². The number of nitrogens with one attached hydrogen (secondary N) is 1. The van der Waals surface area contributed by atoms with Crippen LogP contribution in [0.5, 0.6) is 11.5 Å². The molecule has 3 aromatic rings. The zero-order valence-electron chi connectivity index (χ0n) is 21.8. The molecule has 0 aliphatic carbocycles. The summed E-state index contributed by atoms with van der Waals surface area (Å²) >= 11 is 5.93. The second-order valence-corrected chi connectivity index (χ2v) is 10.8. The van der Waals surface area contributed by atoms with Crippen molar-refractivity contribution in [2.75, 3.05) is 0 Å². The van der Waals surface area contributed by atoms with Gasteiger partial charge < -0.3 is 19.5 Å². The summed E-state index contributed by atoms with van der Waals surface area (Å²) in [6.07, 6.45) is -0.758. The van der Waals surface area contributed by atoms with Crippen LogP contribution in [0.25, 0.3) is 11.4 Å². The van der Waals surface area contributed by atoms with Crippen LogP contribution >= 0.6 is 11.6 Å². The van der Waals surface area contributed by atoms with Gasteiger partial charge in [0.25, 0.3) is 0 Å². The first kappa shape index (κ1) is 27.9. The Morgan fingerprint density at radius 2 is 1.65 bits per heavy atom. The molecule has 1 aromatic heterocycles. The van der Waals surface area contributed by atoms with Crippen LogP contribution in [0.2, 0.25) is 5.02 Å². The van der Waals surface area contributed by atoms with E-state index < -0.39 is 29.3 Å². The lowest BCUT2D eigenvalue weighted by molar-refractivity contribution is -0.155. The van der Waals surface area contributed by atoms with Crippen LogP contribution < -0.4 is 10.1 Å². The van der Waals surface area contributed by atoms with E-state index in [1.807, 2.05) is 18.2 Å². The maximum Gasteiger partial charge on any atom is 0.407 e. The largest absolute Gasteiger partial charge is 0.460 e. The van der Waals surface area contributed by atoms with Crippen molar-refractivity contribution < 1.29 is 23.8 Å². The molecule has 11 heteroatoms. The monoisotopic (exact) mass is 529 g/mol. The first-order valence-corrected chi connectivity index (χ1v) is 12.2. The van der Waals surface area contributed by atoms with Crippen molar-refractivity contribution in [1.82, 2.24) is 25.5 Å². The molecule has 0 aliphatic rings. The van der Waals surface area contributed by atoms with E-state index in [1.165, 1.54) is 4.80 Å². The molecule has 1 heterocycles. The smallest absolute Gasteiger partial charge is 0.407 e. The molecule has 0 fully saturated rings. The van der Waals surface area contributed by atoms with Crippen molar-refractivity contribution >= 4 is 23.7 Å². The van der Waals surface area contributed by atoms with E-state index in [0.717, 1.165) is 0 Å². The summed E-state index contributed by atoms with van der Waals surface area (Å²) in [6, 6.07) is 13.6. The van der Waals surface area contributed by atoms with Crippen molar-refractivity contribution in [3.8, 4) is 22.9 Å². The number of alkyl carbamates (subject to hydrolysis) is 1. The number of rotatable bonds is 8. The highest BCUT2D eigenvalue weighted by molar-refractivity contribution is 6.30. The Kier molecular flexibility index (Phi) is 8.75. The van der Waals surface area contributed by atoms with Crippen LogP contribution in [0.3, 0.4) is 0 Å². The molecule has 1 atom stereocenters. The number of amides is 1. The average molecular weight is 530 g/mol. The van der Waals surface area contributed by atoms with Gasteiger partial charge in [0.15, 0.2) is 0 Å². The molecule has 37 heavy (non-hydrogen) atoms. The summed E-state index contributed by atoms with van der Waals surface area (Å²) in [4.78, 5) is 26.2. The fourth-order valence-electron chi connectivity index (χ4n) is 3.19. The van der Waals surface area contributed by atoms with Crippen LogP contribution in [-0.4, -0.2) is 49.5 Å². The van der Waals surface area contributed by atoms with Gasteiger partial charge in [-0.2, -0.15) is 4.80 Å². The van der Waals surface area contributed by atoms with Crippen molar-refractivity contribution in [3.05, 3.63) is 53.6 Å². The number of esters is 1. The molecule has 1 N–H and O–H groups in total. The molecule has 0 saturated heterocycles. The zero-order chi connectivity index (χ0) is 27.2. The molecule has 0 spiro atoms. The predicted molar refractivity (Wildman–Crippen MR) is 138 cm³/mol. The average Bonchev–Trinajstić information content (AvgIpc) is 3.21. The number of aromatic nitrogens is 4. The Hall–Kier alpha value is -3.66. The minimum absolute atomic E-state index is 0.0758. The van der Waals surface area contributed by atoms with Gasteiger partial charge >= 0.3 is 12.1 Å². The van der Waals surface area contributed by atoms with E-state index >= 15 is 0 Å². The van der Waals surface area contributed by atoms with Gasteiger partial charge in [0.2, 0.25) is 5.82 Å². The molecule has 0 bridgehead atoms. The maximum absolute atomic E-state index is 12.5. The molecule has 198 valence electrons. The fourth-order valence-corrected chi connectivity index (χ4v) is 3.32. The normalized spacial score (nSPS) is 12.5. The Balaban J connectivity index is 1.73. The zero-order valence-corrected chi connectivity index (χ0v) is 22.6. The molecule has 0 radical (unpaired) electrons. The Labute approximate surface area is 221 Å². The minimum atomic E-state index is -0.696. The van der Waals surface area contributed by atoms with E-state index in [9.17, 15) is 9.59 Å². The summed E-state index contributed by atoms with van der Waals surface area (Å²) < 4.78 is 16.6. The molecule has 1 unspecified atom stereocenters. The van der Waals surface area contributed by atoms with Crippen molar-refractivity contribution in [3.63, 3.8) is 0 Å². The van der Waals surface area contributed by atoms with Gasteiger partial charge in [0.05, 0.1) is 19.0 Å². The highest BCUT2D eigenvalue weighted by Crippen LogP contribution is 2.26. The Bertz CT molecular complexity index is 1190.